The highest BCUT2D eigenvalue weighted by molar-refractivity contribution is 5.74. The van der Waals surface area contributed by atoms with Gasteiger partial charge in [-0.05, 0) is 44.1 Å². The van der Waals surface area contributed by atoms with E-state index in [2.05, 4.69) is 4.90 Å². The van der Waals surface area contributed by atoms with Gasteiger partial charge in [-0.3, -0.25) is 9.69 Å². The molecule has 1 heterocycles. The number of carbonyl (C=O) groups excluding carboxylic acids is 1. The summed E-state index contributed by atoms with van der Waals surface area (Å²) >= 11 is 0. The van der Waals surface area contributed by atoms with Gasteiger partial charge in [-0.1, -0.05) is 12.8 Å². The van der Waals surface area contributed by atoms with Crippen molar-refractivity contribution in [2.24, 2.45) is 0 Å². The average molecular weight is 235 g/mol. The predicted octanol–water partition coefficient (Wildman–Crippen LogP) is 3.01. The van der Waals surface area contributed by atoms with E-state index in [0.29, 0.717) is 17.7 Å². The Morgan fingerprint density at radius 1 is 1.18 bits per heavy atom. The summed E-state index contributed by atoms with van der Waals surface area (Å²) in [6.07, 6.45) is 5.69. The van der Waals surface area contributed by atoms with Gasteiger partial charge in [-0.2, -0.15) is 0 Å². The molecule has 1 aliphatic rings. The van der Waals surface area contributed by atoms with Crippen LogP contribution in [0.15, 0.2) is 18.2 Å². The maximum absolute atomic E-state index is 13.6. The molecule has 1 saturated heterocycles. The quantitative estimate of drug-likeness (QED) is 0.751. The molecule has 0 saturated carbocycles. The predicted molar refractivity (Wildman–Crippen MR) is 65.5 cm³/mol. The SMILES string of the molecule is O=Cc1ccc(F)c(CN2CCCCCC2)c1. The van der Waals surface area contributed by atoms with Crippen LogP contribution in [0.4, 0.5) is 4.39 Å². The van der Waals surface area contributed by atoms with Crippen molar-refractivity contribution >= 4 is 6.29 Å². The third kappa shape index (κ3) is 3.37. The van der Waals surface area contributed by atoms with E-state index in [-0.39, 0.29) is 5.82 Å². The van der Waals surface area contributed by atoms with E-state index < -0.39 is 0 Å². The highest BCUT2D eigenvalue weighted by Gasteiger charge is 2.12. The van der Waals surface area contributed by atoms with Crippen LogP contribution in [0.2, 0.25) is 0 Å². The van der Waals surface area contributed by atoms with Gasteiger partial charge < -0.3 is 0 Å². The summed E-state index contributed by atoms with van der Waals surface area (Å²) in [6, 6.07) is 4.57. The molecular formula is C14H18FNO. The lowest BCUT2D eigenvalue weighted by Gasteiger charge is -2.20. The van der Waals surface area contributed by atoms with E-state index in [4.69, 9.17) is 0 Å². The summed E-state index contributed by atoms with van der Waals surface area (Å²) in [5, 5.41) is 0. The molecule has 1 fully saturated rings. The number of likely N-dealkylation sites (tertiary alicyclic amines) is 1. The summed E-state index contributed by atoms with van der Waals surface area (Å²) < 4.78 is 13.6. The summed E-state index contributed by atoms with van der Waals surface area (Å²) in [5.74, 6) is -0.208. The molecule has 0 atom stereocenters. The summed E-state index contributed by atoms with van der Waals surface area (Å²) in [7, 11) is 0. The van der Waals surface area contributed by atoms with Crippen molar-refractivity contribution in [2.75, 3.05) is 13.1 Å². The van der Waals surface area contributed by atoms with Crippen LogP contribution in [0.3, 0.4) is 0 Å². The molecule has 0 aliphatic carbocycles. The minimum absolute atomic E-state index is 0.208. The fourth-order valence-electron chi connectivity index (χ4n) is 2.32. The molecule has 92 valence electrons. The van der Waals surface area contributed by atoms with Gasteiger partial charge in [-0.25, -0.2) is 4.39 Å². The van der Waals surface area contributed by atoms with Crippen LogP contribution in [-0.4, -0.2) is 24.3 Å². The molecule has 1 aromatic carbocycles. The first-order chi connectivity index (χ1) is 8.29. The first-order valence-corrected chi connectivity index (χ1v) is 6.25. The van der Waals surface area contributed by atoms with Gasteiger partial charge in [0.2, 0.25) is 0 Å². The van der Waals surface area contributed by atoms with Crippen molar-refractivity contribution < 1.29 is 9.18 Å². The van der Waals surface area contributed by atoms with Crippen LogP contribution in [0.25, 0.3) is 0 Å². The molecule has 17 heavy (non-hydrogen) atoms. The molecule has 2 nitrogen and oxygen atoms in total. The number of benzene rings is 1. The first-order valence-electron chi connectivity index (χ1n) is 6.25. The zero-order chi connectivity index (χ0) is 12.1. The minimum atomic E-state index is -0.208. The first kappa shape index (κ1) is 12.2. The molecule has 0 aromatic heterocycles. The second kappa shape index (κ2) is 5.92. The Balaban J connectivity index is 2.08. The minimum Gasteiger partial charge on any atom is -0.299 e. The molecule has 0 radical (unpaired) electrons. The van der Waals surface area contributed by atoms with Crippen molar-refractivity contribution in [1.82, 2.24) is 4.90 Å². The second-order valence-electron chi connectivity index (χ2n) is 4.66. The van der Waals surface area contributed by atoms with Crippen LogP contribution in [0, 0.1) is 5.82 Å². The molecule has 0 amide bonds. The highest BCUT2D eigenvalue weighted by Crippen LogP contribution is 2.16. The van der Waals surface area contributed by atoms with E-state index in [1.165, 1.54) is 37.8 Å². The Kier molecular flexibility index (Phi) is 4.26. The van der Waals surface area contributed by atoms with Crippen LogP contribution < -0.4 is 0 Å². The number of nitrogens with zero attached hydrogens (tertiary/aromatic N) is 1. The number of carbonyl (C=O) groups is 1. The Hall–Kier alpha value is -1.22. The Morgan fingerprint density at radius 3 is 2.53 bits per heavy atom. The third-order valence-corrected chi connectivity index (χ3v) is 3.30. The zero-order valence-electron chi connectivity index (χ0n) is 9.99. The van der Waals surface area contributed by atoms with Crippen molar-refractivity contribution in [3.63, 3.8) is 0 Å². The lowest BCUT2D eigenvalue weighted by Crippen LogP contribution is -2.24. The van der Waals surface area contributed by atoms with E-state index in [9.17, 15) is 9.18 Å². The molecule has 0 N–H and O–H groups in total. The Labute approximate surface area is 101 Å². The number of hydrogen-bond acceptors (Lipinski definition) is 2. The van der Waals surface area contributed by atoms with Gasteiger partial charge in [0.25, 0.3) is 0 Å². The molecule has 2 rings (SSSR count). The topological polar surface area (TPSA) is 20.3 Å². The van der Waals surface area contributed by atoms with E-state index >= 15 is 0 Å². The molecule has 0 spiro atoms. The van der Waals surface area contributed by atoms with Gasteiger partial charge in [0.15, 0.2) is 0 Å². The van der Waals surface area contributed by atoms with Gasteiger partial charge in [0.1, 0.15) is 12.1 Å². The lowest BCUT2D eigenvalue weighted by atomic mass is 10.1. The van der Waals surface area contributed by atoms with Gasteiger partial charge in [-0.15, -0.1) is 0 Å². The second-order valence-corrected chi connectivity index (χ2v) is 4.66. The van der Waals surface area contributed by atoms with Crippen molar-refractivity contribution in [3.05, 3.63) is 35.1 Å². The monoisotopic (exact) mass is 235 g/mol. The maximum atomic E-state index is 13.6. The zero-order valence-corrected chi connectivity index (χ0v) is 9.99. The number of hydrogen-bond donors (Lipinski definition) is 0. The maximum Gasteiger partial charge on any atom is 0.150 e. The van der Waals surface area contributed by atoms with Crippen LogP contribution >= 0.6 is 0 Å². The molecule has 1 aromatic rings. The van der Waals surface area contributed by atoms with Crippen molar-refractivity contribution in [3.8, 4) is 0 Å². The van der Waals surface area contributed by atoms with Crippen molar-refractivity contribution in [2.45, 2.75) is 32.2 Å². The van der Waals surface area contributed by atoms with Crippen LogP contribution in [-0.2, 0) is 6.54 Å². The Bertz CT molecular complexity index is 384. The van der Waals surface area contributed by atoms with Crippen LogP contribution in [0.1, 0.15) is 41.6 Å². The molecule has 0 unspecified atom stereocenters. The van der Waals surface area contributed by atoms with E-state index in [1.54, 1.807) is 6.07 Å². The smallest absolute Gasteiger partial charge is 0.150 e. The average Bonchev–Trinajstić information content (AvgIpc) is 2.60. The lowest BCUT2D eigenvalue weighted by molar-refractivity contribution is 0.112. The molecule has 1 aliphatic heterocycles. The van der Waals surface area contributed by atoms with E-state index in [1.807, 2.05) is 0 Å². The molecular weight excluding hydrogens is 217 g/mol. The van der Waals surface area contributed by atoms with Gasteiger partial charge in [0.05, 0.1) is 0 Å². The van der Waals surface area contributed by atoms with Gasteiger partial charge >= 0.3 is 0 Å². The van der Waals surface area contributed by atoms with Crippen LogP contribution in [0.5, 0.6) is 0 Å². The highest BCUT2D eigenvalue weighted by atomic mass is 19.1. The number of aldehydes is 1. The molecule has 0 bridgehead atoms. The third-order valence-electron chi connectivity index (χ3n) is 3.30. The van der Waals surface area contributed by atoms with E-state index in [0.717, 1.165) is 19.4 Å². The number of rotatable bonds is 3. The summed E-state index contributed by atoms with van der Waals surface area (Å²) in [5.41, 5.74) is 1.19. The fourth-order valence-corrected chi connectivity index (χ4v) is 2.32. The standard InChI is InChI=1S/C14H18FNO/c15-14-6-5-12(11-17)9-13(14)10-16-7-3-1-2-4-8-16/h5-6,9,11H,1-4,7-8,10H2. The fraction of sp³-hybridized carbons (Fsp3) is 0.500. The number of halogens is 1. The Morgan fingerprint density at radius 2 is 1.88 bits per heavy atom. The summed E-state index contributed by atoms with van der Waals surface area (Å²) in [4.78, 5) is 13.0. The van der Waals surface area contributed by atoms with Crippen molar-refractivity contribution in [1.29, 1.82) is 0 Å². The normalized spacial score (nSPS) is 17.7. The summed E-state index contributed by atoms with van der Waals surface area (Å²) in [6.45, 7) is 2.68. The van der Waals surface area contributed by atoms with Gasteiger partial charge in [0, 0.05) is 17.7 Å². The molecule has 3 heteroatoms. The largest absolute Gasteiger partial charge is 0.299 e.